The Morgan fingerprint density at radius 2 is 0.582 bits per heavy atom. The summed E-state index contributed by atoms with van der Waals surface area (Å²) in [6.07, 6.45) is 81.2. The Labute approximate surface area is 591 Å². The minimum Gasteiger partial charge on any atom is -0.462 e. The molecule has 5 unspecified atom stereocenters. The van der Waals surface area contributed by atoms with E-state index in [1.165, 1.54) is 38.5 Å². The lowest BCUT2D eigenvalue weighted by molar-refractivity contribution is -0.161. The number of carbonyl (C=O) groups excluding carboxylic acids is 4. The van der Waals surface area contributed by atoms with Crippen LogP contribution in [0.1, 0.15) is 246 Å². The molecule has 0 radical (unpaired) electrons. The first-order valence-electron chi connectivity index (χ1n) is 36.4. The molecule has 0 bridgehead atoms. The van der Waals surface area contributed by atoms with Crippen molar-refractivity contribution in [2.75, 3.05) is 39.6 Å². The second-order valence-electron chi connectivity index (χ2n) is 23.4. The van der Waals surface area contributed by atoms with Crippen LogP contribution in [0.5, 0.6) is 0 Å². The Hall–Kier alpha value is -5.58. The Morgan fingerprint density at radius 1 is 0.306 bits per heavy atom. The van der Waals surface area contributed by atoms with Crippen LogP contribution in [0.15, 0.2) is 170 Å². The average Bonchev–Trinajstić information content (AvgIpc) is 0.986. The molecule has 0 aliphatic heterocycles. The molecule has 0 fully saturated rings. The molecule has 554 valence electrons. The average molecular weight is 1410 g/mol. The maximum Gasteiger partial charge on any atom is 0.472 e. The highest BCUT2D eigenvalue weighted by atomic mass is 31.2. The fourth-order valence-corrected chi connectivity index (χ4v) is 10.4. The zero-order valence-corrected chi connectivity index (χ0v) is 61.9. The molecule has 3 N–H and O–H groups in total. The fraction of sp³-hybridized carbons (Fsp3) is 0.595. The van der Waals surface area contributed by atoms with Gasteiger partial charge in [-0.3, -0.25) is 37.3 Å². The number of carbonyl (C=O) groups is 4. The van der Waals surface area contributed by atoms with E-state index >= 15 is 0 Å². The number of ether oxygens (including phenoxy) is 4. The van der Waals surface area contributed by atoms with Crippen LogP contribution < -0.4 is 0 Å². The van der Waals surface area contributed by atoms with E-state index in [0.29, 0.717) is 32.1 Å². The maximum atomic E-state index is 13.0. The smallest absolute Gasteiger partial charge is 0.462 e. The van der Waals surface area contributed by atoms with Crippen molar-refractivity contribution in [2.45, 2.75) is 264 Å². The molecule has 0 heterocycles. The molecule has 0 spiro atoms. The molecule has 0 rings (SSSR count). The fourth-order valence-electron chi connectivity index (χ4n) is 8.79. The number of esters is 4. The van der Waals surface area contributed by atoms with E-state index in [0.717, 1.165) is 122 Å². The zero-order chi connectivity index (χ0) is 71.8. The van der Waals surface area contributed by atoms with Gasteiger partial charge in [0.05, 0.1) is 32.8 Å². The molecule has 0 aromatic rings. The van der Waals surface area contributed by atoms with Crippen LogP contribution in [-0.4, -0.2) is 96.7 Å². The third-order valence-corrected chi connectivity index (χ3v) is 16.1. The van der Waals surface area contributed by atoms with Crippen LogP contribution >= 0.6 is 15.6 Å². The highest BCUT2D eigenvalue weighted by Gasteiger charge is 2.30. The lowest BCUT2D eigenvalue weighted by Gasteiger charge is -2.21. The van der Waals surface area contributed by atoms with Gasteiger partial charge in [-0.05, 0) is 128 Å². The molecule has 0 amide bonds. The molecule has 98 heavy (non-hydrogen) atoms. The summed E-state index contributed by atoms with van der Waals surface area (Å²) in [5.41, 5.74) is 0. The van der Waals surface area contributed by atoms with E-state index < -0.39 is 97.5 Å². The highest BCUT2D eigenvalue weighted by Crippen LogP contribution is 2.45. The van der Waals surface area contributed by atoms with Gasteiger partial charge in [-0.1, -0.05) is 262 Å². The van der Waals surface area contributed by atoms with Gasteiger partial charge in [0.1, 0.15) is 19.3 Å². The van der Waals surface area contributed by atoms with Gasteiger partial charge in [-0.15, -0.1) is 0 Å². The quantitative estimate of drug-likeness (QED) is 0.0169. The number of hydrogen-bond acceptors (Lipinski definition) is 15. The van der Waals surface area contributed by atoms with Crippen molar-refractivity contribution in [3.63, 3.8) is 0 Å². The van der Waals surface area contributed by atoms with Crippen LogP contribution in [-0.2, 0) is 65.4 Å². The van der Waals surface area contributed by atoms with E-state index in [1.807, 2.05) is 24.3 Å². The number of phosphoric ester groups is 2. The standard InChI is InChI=1S/C79H126O17P2/c1-5-9-13-17-21-25-29-32-35-36-39-41-45-48-52-56-60-64-77(82)90-70-75(96-79(84)66-62-58-54-50-46-42-38-34-31-27-23-19-15-11-7-3)72-94-98(87,88)92-68-73(80)67-91-97(85,86)93-71-74(95-78(83)65-61-57-53-49-43-28-24-20-16-12-8-4)69-89-76(81)63-59-55-51-47-44-40-37-33-30-26-22-18-14-10-6-2/h9-11,13-15,21-23,25-27,32-35,37-39,41,44,46-48,50,52,58,62,73-75,80H,5-8,12,16-20,24,28-31,36,40,42-43,45,49,51,53-57,59-61,63-72H2,1-4H3,(H,85,86)(H,87,88)/b13-9-,14-10-,15-11-,25-21-,26-22-,27-23-,35-32-,37-33-,38-34-,41-39-,47-44-,50-46-,52-48-,62-58-. The predicted octanol–water partition coefficient (Wildman–Crippen LogP) is 20.7. The van der Waals surface area contributed by atoms with Gasteiger partial charge >= 0.3 is 39.5 Å². The summed E-state index contributed by atoms with van der Waals surface area (Å²) in [7, 11) is -10.0. The van der Waals surface area contributed by atoms with E-state index in [2.05, 4.69) is 161 Å². The molecule has 0 aliphatic carbocycles. The number of aliphatic hydroxyl groups is 1. The van der Waals surface area contributed by atoms with Crippen LogP contribution in [0.25, 0.3) is 0 Å². The van der Waals surface area contributed by atoms with E-state index in [4.69, 9.17) is 37.0 Å². The van der Waals surface area contributed by atoms with E-state index in [-0.39, 0.29) is 25.7 Å². The Kier molecular flexibility index (Phi) is 65.9. The third kappa shape index (κ3) is 68.9. The van der Waals surface area contributed by atoms with Gasteiger partial charge in [0, 0.05) is 19.3 Å². The SMILES string of the molecule is CC/C=C\C/C=C\C/C=C\C/C=C\C/C=C\CCCC(=O)OCC(COP(=O)(O)OCC(O)COP(=O)(O)OCC(COC(=O)CCCC/C=C\C/C=C\C/C=C\C/C=C\CC)OC(=O)CCCCCCCCCCCCC)OC(=O)C/C=C\C/C=C\C/C=C\C/C=C\C/C=C\CC. The first kappa shape index (κ1) is 92.4. The first-order valence-corrected chi connectivity index (χ1v) is 39.4. The Balaban J connectivity index is 5.50. The minimum atomic E-state index is -5.02. The third-order valence-electron chi connectivity index (χ3n) is 14.2. The summed E-state index contributed by atoms with van der Waals surface area (Å²) in [6.45, 7) is 4.24. The Bertz CT molecular complexity index is 2530. The number of aliphatic hydroxyl groups excluding tert-OH is 1. The molecule has 0 saturated carbocycles. The van der Waals surface area contributed by atoms with Gasteiger partial charge in [-0.2, -0.15) is 0 Å². The predicted molar refractivity (Wildman–Crippen MR) is 399 cm³/mol. The highest BCUT2D eigenvalue weighted by molar-refractivity contribution is 7.47. The van der Waals surface area contributed by atoms with Crippen molar-refractivity contribution in [2.24, 2.45) is 0 Å². The first-order chi connectivity index (χ1) is 47.7. The normalized spacial score (nSPS) is 15.0. The summed E-state index contributed by atoms with van der Waals surface area (Å²) in [6, 6.07) is 0. The van der Waals surface area contributed by atoms with Crippen LogP contribution in [0.3, 0.4) is 0 Å². The van der Waals surface area contributed by atoms with Crippen LogP contribution in [0.2, 0.25) is 0 Å². The lowest BCUT2D eigenvalue weighted by Crippen LogP contribution is -2.30. The van der Waals surface area contributed by atoms with Crippen molar-refractivity contribution in [3.8, 4) is 0 Å². The van der Waals surface area contributed by atoms with Crippen molar-refractivity contribution in [3.05, 3.63) is 170 Å². The van der Waals surface area contributed by atoms with Crippen molar-refractivity contribution in [1.29, 1.82) is 0 Å². The maximum absolute atomic E-state index is 13.0. The molecular formula is C79H126O17P2. The molecule has 0 aliphatic rings. The number of hydrogen-bond donors (Lipinski definition) is 3. The zero-order valence-electron chi connectivity index (χ0n) is 60.1. The largest absolute Gasteiger partial charge is 0.472 e. The molecule has 5 atom stereocenters. The molecule has 19 heteroatoms. The van der Waals surface area contributed by atoms with Crippen LogP contribution in [0.4, 0.5) is 0 Å². The van der Waals surface area contributed by atoms with Gasteiger partial charge in [-0.25, -0.2) is 9.13 Å². The molecule has 0 aromatic carbocycles. The van der Waals surface area contributed by atoms with Crippen molar-refractivity contribution < 1.29 is 80.2 Å². The van der Waals surface area contributed by atoms with E-state index in [1.54, 1.807) is 12.2 Å². The monoisotopic (exact) mass is 1410 g/mol. The number of unbranched alkanes of at least 4 members (excludes halogenated alkanes) is 13. The van der Waals surface area contributed by atoms with Gasteiger partial charge in [0.2, 0.25) is 0 Å². The molecular weight excluding hydrogens is 1280 g/mol. The summed E-state index contributed by atoms with van der Waals surface area (Å²) in [5.74, 6) is -2.46. The molecule has 0 saturated heterocycles. The lowest BCUT2D eigenvalue weighted by atomic mass is 10.1. The summed E-state index contributed by atoms with van der Waals surface area (Å²) < 4.78 is 68.1. The van der Waals surface area contributed by atoms with E-state index in [9.17, 15) is 43.2 Å². The van der Waals surface area contributed by atoms with Crippen LogP contribution in [0, 0.1) is 0 Å². The second kappa shape index (κ2) is 69.9. The topological polar surface area (TPSA) is 237 Å². The van der Waals surface area contributed by atoms with Gasteiger partial charge < -0.3 is 33.8 Å². The molecule has 17 nitrogen and oxygen atoms in total. The van der Waals surface area contributed by atoms with Crippen molar-refractivity contribution in [1.82, 2.24) is 0 Å². The minimum absolute atomic E-state index is 0.0567. The second-order valence-corrected chi connectivity index (χ2v) is 26.3. The van der Waals surface area contributed by atoms with Crippen molar-refractivity contribution >= 4 is 39.5 Å². The number of allylic oxidation sites excluding steroid dienone is 27. The van der Waals surface area contributed by atoms with Gasteiger partial charge in [0.15, 0.2) is 12.2 Å². The summed E-state index contributed by atoms with van der Waals surface area (Å²) >= 11 is 0. The number of rotatable bonds is 66. The molecule has 0 aromatic heterocycles. The summed E-state index contributed by atoms with van der Waals surface area (Å²) in [5, 5.41) is 10.6. The van der Waals surface area contributed by atoms with Gasteiger partial charge in [0.25, 0.3) is 0 Å². The number of phosphoric acid groups is 2. The Morgan fingerprint density at radius 3 is 0.949 bits per heavy atom. The summed E-state index contributed by atoms with van der Waals surface area (Å²) in [4.78, 5) is 72.6.